The number of likely N-dealkylation sites (N-methyl/N-ethyl adjacent to an activating group) is 2. The van der Waals surface area contributed by atoms with Crippen LogP contribution in [-0.2, 0) is 0 Å². The van der Waals surface area contributed by atoms with Crippen LogP contribution in [0.5, 0.6) is 5.75 Å². The molecule has 3 nitrogen and oxygen atoms in total. The Balaban J connectivity index is 2.74. The van der Waals surface area contributed by atoms with Crippen molar-refractivity contribution >= 4 is 0 Å². The van der Waals surface area contributed by atoms with Crippen molar-refractivity contribution in [1.82, 2.24) is 10.2 Å². The minimum Gasteiger partial charge on any atom is -0.494 e. The summed E-state index contributed by atoms with van der Waals surface area (Å²) < 4.78 is 5.51. The van der Waals surface area contributed by atoms with Gasteiger partial charge in [-0.15, -0.1) is 0 Å². The second kappa shape index (κ2) is 8.98. The molecule has 0 heterocycles. The molecule has 114 valence electrons. The van der Waals surface area contributed by atoms with Crippen LogP contribution < -0.4 is 10.1 Å². The van der Waals surface area contributed by atoms with Gasteiger partial charge in [-0.25, -0.2) is 0 Å². The molecule has 0 aliphatic heterocycles. The first-order valence-corrected chi connectivity index (χ1v) is 7.78. The molecule has 3 heteroatoms. The zero-order valence-electron chi connectivity index (χ0n) is 13.6. The third-order valence-corrected chi connectivity index (χ3v) is 3.86. The number of hydrogen-bond acceptors (Lipinski definition) is 3. The largest absolute Gasteiger partial charge is 0.494 e. The summed E-state index contributed by atoms with van der Waals surface area (Å²) >= 11 is 0. The Labute approximate surface area is 124 Å². The fraction of sp³-hybridized carbons (Fsp3) is 0.647. The van der Waals surface area contributed by atoms with Crippen LogP contribution in [0.25, 0.3) is 0 Å². The number of nitrogens with one attached hydrogen (secondary N) is 1. The molecule has 0 aliphatic rings. The maximum atomic E-state index is 5.51. The van der Waals surface area contributed by atoms with Crippen molar-refractivity contribution in [3.63, 3.8) is 0 Å². The van der Waals surface area contributed by atoms with Crippen LogP contribution in [0.15, 0.2) is 24.3 Å². The number of nitrogens with zero attached hydrogens (tertiary/aromatic N) is 1. The molecule has 0 aromatic heterocycles. The molecule has 0 amide bonds. The van der Waals surface area contributed by atoms with Crippen molar-refractivity contribution < 1.29 is 4.74 Å². The Bertz CT molecular complexity index is 364. The lowest BCUT2D eigenvalue weighted by Crippen LogP contribution is -2.37. The van der Waals surface area contributed by atoms with Gasteiger partial charge in [0.2, 0.25) is 0 Å². The van der Waals surface area contributed by atoms with Crippen LogP contribution in [0, 0.1) is 0 Å². The van der Waals surface area contributed by atoms with Crippen molar-refractivity contribution in [2.24, 2.45) is 0 Å². The Morgan fingerprint density at radius 3 is 2.30 bits per heavy atom. The SMILES string of the molecule is CCNC(CN(C)C(C)CC)c1ccc(OCC)cc1. The van der Waals surface area contributed by atoms with E-state index in [1.54, 1.807) is 0 Å². The number of benzene rings is 1. The van der Waals surface area contributed by atoms with Gasteiger partial charge in [0.1, 0.15) is 5.75 Å². The first-order valence-electron chi connectivity index (χ1n) is 7.78. The van der Waals surface area contributed by atoms with Gasteiger partial charge in [0.05, 0.1) is 6.61 Å². The number of rotatable bonds is 9. The highest BCUT2D eigenvalue weighted by Crippen LogP contribution is 2.19. The molecule has 0 saturated carbocycles. The van der Waals surface area contributed by atoms with Gasteiger partial charge in [-0.1, -0.05) is 26.0 Å². The summed E-state index contributed by atoms with van der Waals surface area (Å²) in [5.41, 5.74) is 1.32. The molecule has 0 aliphatic carbocycles. The van der Waals surface area contributed by atoms with Crippen LogP contribution in [0.2, 0.25) is 0 Å². The molecule has 20 heavy (non-hydrogen) atoms. The number of hydrogen-bond donors (Lipinski definition) is 1. The minimum atomic E-state index is 0.370. The maximum Gasteiger partial charge on any atom is 0.119 e. The van der Waals surface area contributed by atoms with E-state index < -0.39 is 0 Å². The summed E-state index contributed by atoms with van der Waals surface area (Å²) in [5.74, 6) is 0.946. The van der Waals surface area contributed by atoms with Gasteiger partial charge in [-0.05, 0) is 51.6 Å². The average Bonchev–Trinajstić information content (AvgIpc) is 2.47. The van der Waals surface area contributed by atoms with Gasteiger partial charge >= 0.3 is 0 Å². The van der Waals surface area contributed by atoms with Crippen LogP contribution in [0.4, 0.5) is 0 Å². The first kappa shape index (κ1) is 17.0. The van der Waals surface area contributed by atoms with Gasteiger partial charge in [0.25, 0.3) is 0 Å². The van der Waals surface area contributed by atoms with E-state index in [1.165, 1.54) is 12.0 Å². The average molecular weight is 278 g/mol. The van der Waals surface area contributed by atoms with Crippen molar-refractivity contribution in [1.29, 1.82) is 0 Å². The van der Waals surface area contributed by atoms with Gasteiger partial charge in [0.15, 0.2) is 0 Å². The molecular formula is C17H30N2O. The third-order valence-electron chi connectivity index (χ3n) is 3.86. The molecule has 1 aromatic carbocycles. The molecule has 0 saturated heterocycles. The Hall–Kier alpha value is -1.06. The van der Waals surface area contributed by atoms with Gasteiger partial charge in [-0.2, -0.15) is 0 Å². The lowest BCUT2D eigenvalue weighted by atomic mass is 10.1. The van der Waals surface area contributed by atoms with E-state index in [-0.39, 0.29) is 0 Å². The highest BCUT2D eigenvalue weighted by atomic mass is 16.5. The van der Waals surface area contributed by atoms with Crippen LogP contribution >= 0.6 is 0 Å². The van der Waals surface area contributed by atoms with E-state index in [0.29, 0.717) is 18.7 Å². The van der Waals surface area contributed by atoms with Gasteiger partial charge in [0, 0.05) is 18.6 Å². The number of ether oxygens (including phenoxy) is 1. The zero-order valence-corrected chi connectivity index (χ0v) is 13.6. The zero-order chi connectivity index (χ0) is 15.0. The van der Waals surface area contributed by atoms with Crippen LogP contribution in [0.3, 0.4) is 0 Å². The molecule has 0 fully saturated rings. The Morgan fingerprint density at radius 2 is 1.80 bits per heavy atom. The van der Waals surface area contributed by atoms with Crippen molar-refractivity contribution in [3.8, 4) is 5.75 Å². The van der Waals surface area contributed by atoms with E-state index in [4.69, 9.17) is 4.74 Å². The van der Waals surface area contributed by atoms with E-state index in [0.717, 1.165) is 18.8 Å². The molecule has 2 atom stereocenters. The van der Waals surface area contributed by atoms with Crippen molar-refractivity contribution in [3.05, 3.63) is 29.8 Å². The fourth-order valence-electron chi connectivity index (χ4n) is 2.28. The molecule has 1 rings (SSSR count). The molecule has 0 bridgehead atoms. The van der Waals surface area contributed by atoms with E-state index in [2.05, 4.69) is 62.3 Å². The van der Waals surface area contributed by atoms with Crippen LogP contribution in [-0.4, -0.2) is 37.7 Å². The molecule has 1 N–H and O–H groups in total. The molecule has 0 spiro atoms. The van der Waals surface area contributed by atoms with Gasteiger partial charge in [-0.3, -0.25) is 0 Å². The molecule has 2 unspecified atom stereocenters. The predicted molar refractivity (Wildman–Crippen MR) is 86.4 cm³/mol. The fourth-order valence-corrected chi connectivity index (χ4v) is 2.28. The summed E-state index contributed by atoms with van der Waals surface area (Å²) in [5, 5.41) is 3.58. The summed E-state index contributed by atoms with van der Waals surface area (Å²) in [6, 6.07) is 9.44. The minimum absolute atomic E-state index is 0.370. The van der Waals surface area contributed by atoms with Crippen molar-refractivity contribution in [2.45, 2.75) is 46.2 Å². The summed E-state index contributed by atoms with van der Waals surface area (Å²) in [4.78, 5) is 2.42. The normalized spacial score (nSPS) is 14.3. The highest BCUT2D eigenvalue weighted by Gasteiger charge is 2.15. The lowest BCUT2D eigenvalue weighted by molar-refractivity contribution is 0.225. The summed E-state index contributed by atoms with van der Waals surface area (Å²) in [7, 11) is 2.20. The van der Waals surface area contributed by atoms with Crippen LogP contribution in [0.1, 0.15) is 45.7 Å². The summed E-state index contributed by atoms with van der Waals surface area (Å²) in [6.07, 6.45) is 1.18. The Morgan fingerprint density at radius 1 is 1.15 bits per heavy atom. The standard InChI is InChI=1S/C17H30N2O/c1-6-14(4)19(5)13-17(18-7-2)15-9-11-16(12-10-15)20-8-3/h9-12,14,17-18H,6-8,13H2,1-5H3. The van der Waals surface area contributed by atoms with E-state index in [1.807, 2.05) is 6.92 Å². The lowest BCUT2D eigenvalue weighted by Gasteiger charge is -2.29. The molecule has 1 aromatic rings. The summed E-state index contributed by atoms with van der Waals surface area (Å²) in [6.45, 7) is 11.4. The Kier molecular flexibility index (Phi) is 7.63. The van der Waals surface area contributed by atoms with E-state index in [9.17, 15) is 0 Å². The third kappa shape index (κ3) is 5.14. The molecular weight excluding hydrogens is 248 g/mol. The topological polar surface area (TPSA) is 24.5 Å². The van der Waals surface area contributed by atoms with Crippen molar-refractivity contribution in [2.75, 3.05) is 26.7 Å². The first-order chi connectivity index (χ1) is 9.62. The predicted octanol–water partition coefficient (Wildman–Crippen LogP) is 3.47. The smallest absolute Gasteiger partial charge is 0.119 e. The monoisotopic (exact) mass is 278 g/mol. The second-order valence-corrected chi connectivity index (χ2v) is 5.31. The van der Waals surface area contributed by atoms with Gasteiger partial charge < -0.3 is 15.0 Å². The second-order valence-electron chi connectivity index (χ2n) is 5.31. The maximum absolute atomic E-state index is 5.51. The highest BCUT2D eigenvalue weighted by molar-refractivity contribution is 5.29. The molecule has 0 radical (unpaired) electrons. The van der Waals surface area contributed by atoms with E-state index >= 15 is 0 Å². The quantitative estimate of drug-likeness (QED) is 0.748.